The largest absolute Gasteiger partial charge is 0.361 e. The van der Waals surface area contributed by atoms with E-state index in [-0.39, 0.29) is 12.5 Å². The van der Waals surface area contributed by atoms with Gasteiger partial charge in [0.1, 0.15) is 11.6 Å². The highest BCUT2D eigenvalue weighted by molar-refractivity contribution is 6.20. The van der Waals surface area contributed by atoms with Crippen molar-refractivity contribution in [1.29, 1.82) is 0 Å². The number of aromatic nitrogens is 1. The van der Waals surface area contributed by atoms with Gasteiger partial charge in [-0.05, 0) is 32.0 Å². The minimum absolute atomic E-state index is 0.241. The summed E-state index contributed by atoms with van der Waals surface area (Å²) in [5.41, 5.74) is 9.52. The molecule has 7 heteroatoms. The van der Waals surface area contributed by atoms with E-state index >= 15 is 0 Å². The van der Waals surface area contributed by atoms with E-state index in [4.69, 9.17) is 10.3 Å². The first-order chi connectivity index (χ1) is 13.5. The molecule has 2 heterocycles. The molecular weight excluding hydrogens is 359 g/mol. The zero-order chi connectivity index (χ0) is 19.8. The second-order valence-corrected chi connectivity index (χ2v) is 6.65. The molecule has 4 rings (SSSR count). The Morgan fingerprint density at radius 3 is 2.46 bits per heavy atom. The van der Waals surface area contributed by atoms with E-state index < -0.39 is 12.0 Å². The Balaban J connectivity index is 1.88. The van der Waals surface area contributed by atoms with E-state index in [0.29, 0.717) is 34.0 Å². The summed E-state index contributed by atoms with van der Waals surface area (Å²) < 4.78 is 19.7. The molecule has 1 aliphatic rings. The monoisotopic (exact) mass is 378 g/mol. The Kier molecular flexibility index (Phi) is 4.52. The smallest absolute Gasteiger partial charge is 0.266 e. The second kappa shape index (κ2) is 7.01. The lowest BCUT2D eigenvalue weighted by atomic mass is 9.99. The number of benzene rings is 2. The topological polar surface area (TPSA) is 84.7 Å². The number of aliphatic imine (C=N–C) groups is 1. The summed E-state index contributed by atoms with van der Waals surface area (Å²) in [5, 5.41) is 3.96. The van der Waals surface area contributed by atoms with Crippen LogP contribution in [-0.2, 0) is 11.3 Å². The summed E-state index contributed by atoms with van der Waals surface area (Å²) >= 11 is 0. The lowest BCUT2D eigenvalue weighted by Gasteiger charge is -2.24. The fraction of sp³-hybridized carbons (Fsp3) is 0.190. The molecule has 1 aromatic heterocycles. The molecule has 0 spiro atoms. The predicted octanol–water partition coefficient (Wildman–Crippen LogP) is 3.10. The van der Waals surface area contributed by atoms with E-state index in [0.717, 1.165) is 5.56 Å². The number of hydrogen-bond donors (Lipinski definition) is 1. The molecule has 1 amide bonds. The fourth-order valence-corrected chi connectivity index (χ4v) is 3.37. The standard InChI is InChI=1S/C21H19FN4O2/c1-12-16(13(2)28-25-12)11-26-18-10-6-4-8-15(18)19(24-20(23)21(26)27)14-7-3-5-9-17(14)22/h3-10,20H,11,23H2,1-2H3/t20-/m0/s1. The number of fused-ring (bicyclic) bond motifs is 1. The number of hydrogen-bond acceptors (Lipinski definition) is 5. The number of nitrogens with two attached hydrogens (primary N) is 1. The van der Waals surface area contributed by atoms with Gasteiger partial charge in [0, 0.05) is 16.7 Å². The van der Waals surface area contributed by atoms with Gasteiger partial charge in [0.25, 0.3) is 5.91 Å². The maximum Gasteiger partial charge on any atom is 0.266 e. The van der Waals surface area contributed by atoms with Crippen LogP contribution < -0.4 is 10.6 Å². The maximum atomic E-state index is 14.5. The highest BCUT2D eigenvalue weighted by Crippen LogP contribution is 2.30. The summed E-state index contributed by atoms with van der Waals surface area (Å²) in [5.74, 6) is -0.162. The van der Waals surface area contributed by atoms with Gasteiger partial charge in [0.15, 0.2) is 6.17 Å². The van der Waals surface area contributed by atoms with Crippen molar-refractivity contribution < 1.29 is 13.7 Å². The average Bonchev–Trinajstić information content (AvgIpc) is 2.96. The van der Waals surface area contributed by atoms with Crippen molar-refractivity contribution in [2.75, 3.05) is 4.90 Å². The van der Waals surface area contributed by atoms with Gasteiger partial charge in [-0.2, -0.15) is 0 Å². The molecule has 28 heavy (non-hydrogen) atoms. The van der Waals surface area contributed by atoms with Crippen LogP contribution in [0.3, 0.4) is 0 Å². The molecule has 6 nitrogen and oxygen atoms in total. The molecule has 1 atom stereocenters. The number of halogens is 1. The first kappa shape index (κ1) is 18.1. The predicted molar refractivity (Wildman–Crippen MR) is 104 cm³/mol. The second-order valence-electron chi connectivity index (χ2n) is 6.65. The quantitative estimate of drug-likeness (QED) is 0.759. The van der Waals surface area contributed by atoms with Crippen molar-refractivity contribution in [3.63, 3.8) is 0 Å². The zero-order valence-electron chi connectivity index (χ0n) is 15.5. The lowest BCUT2D eigenvalue weighted by Crippen LogP contribution is -2.42. The van der Waals surface area contributed by atoms with E-state index in [9.17, 15) is 9.18 Å². The van der Waals surface area contributed by atoms with Crippen LogP contribution in [0.25, 0.3) is 0 Å². The lowest BCUT2D eigenvalue weighted by molar-refractivity contribution is -0.119. The van der Waals surface area contributed by atoms with Crippen molar-refractivity contribution in [2.45, 2.75) is 26.6 Å². The van der Waals surface area contributed by atoms with Gasteiger partial charge in [-0.1, -0.05) is 35.5 Å². The van der Waals surface area contributed by atoms with Crippen LogP contribution >= 0.6 is 0 Å². The number of rotatable bonds is 3. The van der Waals surface area contributed by atoms with Gasteiger partial charge >= 0.3 is 0 Å². The van der Waals surface area contributed by atoms with E-state index in [1.54, 1.807) is 36.1 Å². The van der Waals surface area contributed by atoms with Gasteiger partial charge < -0.3 is 15.2 Å². The van der Waals surface area contributed by atoms with Crippen LogP contribution in [0.1, 0.15) is 28.1 Å². The first-order valence-electron chi connectivity index (χ1n) is 8.88. The minimum atomic E-state index is -1.15. The molecule has 0 aliphatic carbocycles. The number of carbonyl (C=O) groups is 1. The molecule has 0 bridgehead atoms. The summed E-state index contributed by atoms with van der Waals surface area (Å²) in [4.78, 5) is 19.0. The third-order valence-corrected chi connectivity index (χ3v) is 4.86. The van der Waals surface area contributed by atoms with Crippen molar-refractivity contribution in [2.24, 2.45) is 10.7 Å². The highest BCUT2D eigenvalue weighted by atomic mass is 19.1. The van der Waals surface area contributed by atoms with Crippen LogP contribution in [0.2, 0.25) is 0 Å². The Bertz CT molecular complexity index is 1070. The molecule has 0 saturated heterocycles. The van der Waals surface area contributed by atoms with E-state index in [2.05, 4.69) is 10.1 Å². The number of aryl methyl sites for hydroxylation is 2. The minimum Gasteiger partial charge on any atom is -0.361 e. The Hall–Kier alpha value is -3.32. The third kappa shape index (κ3) is 2.99. The van der Waals surface area contributed by atoms with E-state index in [1.807, 2.05) is 25.1 Å². The Morgan fingerprint density at radius 1 is 1.11 bits per heavy atom. The Labute approximate surface area is 161 Å². The summed E-state index contributed by atoms with van der Waals surface area (Å²) in [6.45, 7) is 3.86. The van der Waals surface area contributed by atoms with Crippen molar-refractivity contribution in [3.05, 3.63) is 82.5 Å². The molecule has 142 valence electrons. The fourth-order valence-electron chi connectivity index (χ4n) is 3.37. The van der Waals surface area contributed by atoms with Crippen LogP contribution in [0.4, 0.5) is 10.1 Å². The van der Waals surface area contributed by atoms with Gasteiger partial charge in [-0.25, -0.2) is 4.39 Å². The van der Waals surface area contributed by atoms with Gasteiger partial charge in [-0.3, -0.25) is 9.79 Å². The molecule has 3 aromatic rings. The van der Waals surface area contributed by atoms with Gasteiger partial charge in [0.2, 0.25) is 0 Å². The molecule has 2 N–H and O–H groups in total. The van der Waals surface area contributed by atoms with Gasteiger partial charge in [0.05, 0.1) is 23.6 Å². The van der Waals surface area contributed by atoms with E-state index in [1.165, 1.54) is 6.07 Å². The van der Waals surface area contributed by atoms with Gasteiger partial charge in [-0.15, -0.1) is 0 Å². The summed E-state index contributed by atoms with van der Waals surface area (Å²) in [6.07, 6.45) is -1.15. The number of carbonyl (C=O) groups excluding carboxylic acids is 1. The highest BCUT2D eigenvalue weighted by Gasteiger charge is 2.31. The summed E-state index contributed by atoms with van der Waals surface area (Å²) in [6, 6.07) is 13.6. The zero-order valence-corrected chi connectivity index (χ0v) is 15.5. The first-order valence-corrected chi connectivity index (χ1v) is 8.88. The molecule has 0 radical (unpaired) electrons. The van der Waals surface area contributed by atoms with Crippen molar-refractivity contribution >= 4 is 17.3 Å². The van der Waals surface area contributed by atoms with Crippen LogP contribution in [-0.4, -0.2) is 22.9 Å². The normalized spacial score (nSPS) is 16.6. The van der Waals surface area contributed by atoms with Crippen LogP contribution in [0.15, 0.2) is 58.0 Å². The number of anilines is 1. The van der Waals surface area contributed by atoms with Crippen molar-refractivity contribution in [1.82, 2.24) is 5.16 Å². The maximum absolute atomic E-state index is 14.5. The Morgan fingerprint density at radius 2 is 1.79 bits per heavy atom. The number of amides is 1. The third-order valence-electron chi connectivity index (χ3n) is 4.86. The number of nitrogens with zero attached hydrogens (tertiary/aromatic N) is 3. The molecule has 0 saturated carbocycles. The molecule has 0 fully saturated rings. The molecule has 0 unspecified atom stereocenters. The number of para-hydroxylation sites is 1. The average molecular weight is 378 g/mol. The van der Waals surface area contributed by atoms with Crippen LogP contribution in [0.5, 0.6) is 0 Å². The molecule has 1 aliphatic heterocycles. The molecular formula is C21H19FN4O2. The van der Waals surface area contributed by atoms with Crippen molar-refractivity contribution in [3.8, 4) is 0 Å². The molecule has 2 aromatic carbocycles. The number of benzodiazepines with no additional fused rings is 1. The summed E-state index contributed by atoms with van der Waals surface area (Å²) in [7, 11) is 0. The SMILES string of the molecule is Cc1noc(C)c1CN1C(=O)[C@@H](N)N=C(c2ccccc2F)c2ccccc21. The van der Waals surface area contributed by atoms with Crippen LogP contribution in [0, 0.1) is 19.7 Å².